The lowest BCUT2D eigenvalue weighted by Gasteiger charge is -2.21. The predicted molar refractivity (Wildman–Crippen MR) is 71.8 cm³/mol. The van der Waals surface area contributed by atoms with Crippen molar-refractivity contribution in [2.45, 2.75) is 19.4 Å². The summed E-state index contributed by atoms with van der Waals surface area (Å²) in [6.07, 6.45) is 2.23. The van der Waals surface area contributed by atoms with Gasteiger partial charge in [-0.1, -0.05) is 22.0 Å². The van der Waals surface area contributed by atoms with Crippen molar-refractivity contribution in [3.63, 3.8) is 0 Å². The van der Waals surface area contributed by atoms with Gasteiger partial charge in [0.25, 0.3) is 0 Å². The maximum absolute atomic E-state index is 5.75. The van der Waals surface area contributed by atoms with E-state index in [4.69, 9.17) is 15.2 Å². The number of nitrogens with two attached hydrogens (primary N) is 1. The Kier molecular flexibility index (Phi) is 4.83. The van der Waals surface area contributed by atoms with Crippen molar-refractivity contribution in [3.05, 3.63) is 28.2 Å². The fourth-order valence-electron chi connectivity index (χ4n) is 1.93. The van der Waals surface area contributed by atoms with Crippen molar-refractivity contribution < 1.29 is 9.47 Å². The zero-order valence-corrected chi connectivity index (χ0v) is 11.4. The Hall–Kier alpha value is -0.580. The summed E-state index contributed by atoms with van der Waals surface area (Å²) in [7, 11) is 0. The molecule has 0 atom stereocenters. The first-order chi connectivity index (χ1) is 8.25. The molecule has 0 saturated carbocycles. The summed E-state index contributed by atoms with van der Waals surface area (Å²) in [6.45, 7) is 3.21. The van der Waals surface area contributed by atoms with E-state index in [0.29, 0.717) is 12.5 Å². The minimum Gasteiger partial charge on any atom is -0.399 e. The fraction of sp³-hybridized carbons (Fsp3) is 0.538. The van der Waals surface area contributed by atoms with Gasteiger partial charge in [-0.25, -0.2) is 0 Å². The van der Waals surface area contributed by atoms with Gasteiger partial charge in [-0.2, -0.15) is 0 Å². The first-order valence-corrected chi connectivity index (χ1v) is 6.74. The monoisotopic (exact) mass is 299 g/mol. The smallest absolute Gasteiger partial charge is 0.0727 e. The van der Waals surface area contributed by atoms with Gasteiger partial charge < -0.3 is 15.2 Å². The van der Waals surface area contributed by atoms with Crippen LogP contribution in [0.1, 0.15) is 18.4 Å². The van der Waals surface area contributed by atoms with Crippen LogP contribution in [-0.4, -0.2) is 19.8 Å². The van der Waals surface area contributed by atoms with Crippen molar-refractivity contribution >= 4 is 21.6 Å². The van der Waals surface area contributed by atoms with Crippen molar-refractivity contribution in [2.24, 2.45) is 5.92 Å². The van der Waals surface area contributed by atoms with E-state index in [0.717, 1.165) is 48.4 Å². The number of benzene rings is 1. The molecule has 2 rings (SSSR count). The Balaban J connectivity index is 1.77. The zero-order chi connectivity index (χ0) is 12.1. The number of rotatable bonds is 4. The highest BCUT2D eigenvalue weighted by Gasteiger charge is 2.13. The molecule has 4 heteroatoms. The third kappa shape index (κ3) is 3.98. The van der Waals surface area contributed by atoms with Crippen LogP contribution in [-0.2, 0) is 16.1 Å². The normalized spacial score (nSPS) is 17.2. The molecule has 0 aliphatic carbocycles. The van der Waals surface area contributed by atoms with Crippen LogP contribution in [0.25, 0.3) is 0 Å². The van der Waals surface area contributed by atoms with Gasteiger partial charge in [-0.05, 0) is 36.5 Å². The Morgan fingerprint density at radius 2 is 2.12 bits per heavy atom. The molecule has 1 aliphatic heterocycles. The first-order valence-electron chi connectivity index (χ1n) is 5.95. The minimum absolute atomic E-state index is 0.637. The molecule has 3 nitrogen and oxygen atoms in total. The van der Waals surface area contributed by atoms with Gasteiger partial charge in [-0.3, -0.25) is 0 Å². The molecule has 94 valence electrons. The van der Waals surface area contributed by atoms with E-state index in [9.17, 15) is 0 Å². The van der Waals surface area contributed by atoms with E-state index in [1.807, 2.05) is 18.2 Å². The molecule has 1 aromatic carbocycles. The summed E-state index contributed by atoms with van der Waals surface area (Å²) < 4.78 is 12.1. The molecule has 0 spiro atoms. The molecule has 1 saturated heterocycles. The highest BCUT2D eigenvalue weighted by Crippen LogP contribution is 2.21. The Morgan fingerprint density at radius 3 is 2.82 bits per heavy atom. The van der Waals surface area contributed by atoms with Gasteiger partial charge in [0, 0.05) is 23.4 Å². The van der Waals surface area contributed by atoms with Crippen LogP contribution in [0.15, 0.2) is 22.7 Å². The van der Waals surface area contributed by atoms with Gasteiger partial charge >= 0.3 is 0 Å². The number of hydrogen-bond acceptors (Lipinski definition) is 3. The molecule has 1 heterocycles. The molecule has 1 aromatic rings. The van der Waals surface area contributed by atoms with Gasteiger partial charge in [0.05, 0.1) is 13.2 Å². The molecule has 2 N–H and O–H groups in total. The standard InChI is InChI=1S/C13H18BrNO2/c14-13-7-12(15)2-1-11(13)9-17-8-10-3-5-16-6-4-10/h1-2,7,10H,3-6,8-9,15H2. The molecule has 0 amide bonds. The Labute approximate surface area is 110 Å². The van der Waals surface area contributed by atoms with Crippen LogP contribution in [0.4, 0.5) is 5.69 Å². The molecule has 0 unspecified atom stereocenters. The lowest BCUT2D eigenvalue weighted by Crippen LogP contribution is -2.20. The number of nitrogen functional groups attached to an aromatic ring is 1. The minimum atomic E-state index is 0.637. The fourth-order valence-corrected chi connectivity index (χ4v) is 2.44. The lowest BCUT2D eigenvalue weighted by atomic mass is 10.0. The van der Waals surface area contributed by atoms with Gasteiger partial charge in [-0.15, -0.1) is 0 Å². The van der Waals surface area contributed by atoms with Gasteiger partial charge in [0.1, 0.15) is 0 Å². The Bertz CT molecular complexity index is 364. The van der Waals surface area contributed by atoms with Crippen LogP contribution in [0.5, 0.6) is 0 Å². The quantitative estimate of drug-likeness (QED) is 0.869. The second-order valence-corrected chi connectivity index (χ2v) is 5.28. The van der Waals surface area contributed by atoms with E-state index >= 15 is 0 Å². The molecule has 1 fully saturated rings. The molecule has 0 radical (unpaired) electrons. The molecular formula is C13H18BrNO2. The highest BCUT2D eigenvalue weighted by atomic mass is 79.9. The second-order valence-electron chi connectivity index (χ2n) is 4.42. The van der Waals surface area contributed by atoms with Crippen LogP contribution in [0.2, 0.25) is 0 Å². The maximum Gasteiger partial charge on any atom is 0.0727 e. The average Bonchev–Trinajstić information content (AvgIpc) is 2.33. The molecular weight excluding hydrogens is 282 g/mol. The molecule has 0 aromatic heterocycles. The van der Waals surface area contributed by atoms with Crippen molar-refractivity contribution in [2.75, 3.05) is 25.6 Å². The Morgan fingerprint density at radius 1 is 1.35 bits per heavy atom. The highest BCUT2D eigenvalue weighted by molar-refractivity contribution is 9.10. The zero-order valence-electron chi connectivity index (χ0n) is 9.82. The maximum atomic E-state index is 5.75. The van der Waals surface area contributed by atoms with Crippen LogP contribution in [0, 0.1) is 5.92 Å². The largest absolute Gasteiger partial charge is 0.399 e. The van der Waals surface area contributed by atoms with Crippen LogP contribution < -0.4 is 5.73 Å². The summed E-state index contributed by atoms with van der Waals surface area (Å²) in [5.41, 5.74) is 7.60. The summed E-state index contributed by atoms with van der Waals surface area (Å²) >= 11 is 3.49. The number of anilines is 1. The summed E-state index contributed by atoms with van der Waals surface area (Å²) in [5, 5.41) is 0. The SMILES string of the molecule is Nc1ccc(COCC2CCOCC2)c(Br)c1. The van der Waals surface area contributed by atoms with E-state index in [1.54, 1.807) is 0 Å². The van der Waals surface area contributed by atoms with E-state index in [2.05, 4.69) is 15.9 Å². The number of halogens is 1. The first kappa shape index (κ1) is 12.9. The molecule has 1 aliphatic rings. The summed E-state index contributed by atoms with van der Waals surface area (Å²) in [5.74, 6) is 0.649. The predicted octanol–water partition coefficient (Wildman–Crippen LogP) is 2.97. The van der Waals surface area contributed by atoms with Crippen LogP contribution >= 0.6 is 15.9 Å². The van der Waals surface area contributed by atoms with Crippen molar-refractivity contribution in [1.82, 2.24) is 0 Å². The third-order valence-corrected chi connectivity index (χ3v) is 3.77. The summed E-state index contributed by atoms with van der Waals surface area (Å²) in [4.78, 5) is 0. The van der Waals surface area contributed by atoms with E-state index in [-0.39, 0.29) is 0 Å². The molecule has 0 bridgehead atoms. The lowest BCUT2D eigenvalue weighted by molar-refractivity contribution is 0.0156. The molecule has 17 heavy (non-hydrogen) atoms. The topological polar surface area (TPSA) is 44.5 Å². The van der Waals surface area contributed by atoms with E-state index in [1.165, 1.54) is 0 Å². The second kappa shape index (κ2) is 6.38. The average molecular weight is 300 g/mol. The summed E-state index contributed by atoms with van der Waals surface area (Å²) in [6, 6.07) is 5.81. The third-order valence-electron chi connectivity index (χ3n) is 3.03. The van der Waals surface area contributed by atoms with E-state index < -0.39 is 0 Å². The van der Waals surface area contributed by atoms with Crippen molar-refractivity contribution in [3.8, 4) is 0 Å². The van der Waals surface area contributed by atoms with Crippen LogP contribution in [0.3, 0.4) is 0 Å². The van der Waals surface area contributed by atoms with Gasteiger partial charge in [0.15, 0.2) is 0 Å². The van der Waals surface area contributed by atoms with Crippen molar-refractivity contribution in [1.29, 1.82) is 0 Å². The number of ether oxygens (including phenoxy) is 2. The van der Waals surface area contributed by atoms with Gasteiger partial charge in [0.2, 0.25) is 0 Å². The number of hydrogen-bond donors (Lipinski definition) is 1.